The number of β-lactam (4-membered cyclic amide) rings is 1. The third kappa shape index (κ3) is 3.20. The Morgan fingerprint density at radius 3 is 2.53 bits per heavy atom. The average Bonchev–Trinajstić information content (AvgIpc) is 2.81. The first-order valence-corrected chi connectivity index (χ1v) is 10.0. The van der Waals surface area contributed by atoms with Crippen LogP contribution in [0.3, 0.4) is 0 Å². The van der Waals surface area contributed by atoms with Crippen molar-refractivity contribution in [3.05, 3.63) is 60.2 Å². The summed E-state index contributed by atoms with van der Waals surface area (Å²) >= 11 is 0. The zero-order valence-corrected chi connectivity index (χ0v) is 16.8. The maximum Gasteiger partial charge on any atom is 0.411 e. The number of methoxy groups -OCH3 is 1. The summed E-state index contributed by atoms with van der Waals surface area (Å²) in [7, 11) is 1.56. The van der Waals surface area contributed by atoms with Gasteiger partial charge in [-0.15, -0.1) is 0 Å². The molecule has 2 amide bonds. The van der Waals surface area contributed by atoms with Gasteiger partial charge in [0, 0.05) is 12.2 Å². The Labute approximate surface area is 175 Å². The summed E-state index contributed by atoms with van der Waals surface area (Å²) in [5.74, 6) is 0.411. The third-order valence-corrected chi connectivity index (χ3v) is 5.93. The van der Waals surface area contributed by atoms with E-state index in [-0.39, 0.29) is 12.5 Å². The summed E-state index contributed by atoms with van der Waals surface area (Å²) in [6.07, 6.45) is 2.18. The van der Waals surface area contributed by atoms with Crippen molar-refractivity contribution < 1.29 is 23.9 Å². The Kier molecular flexibility index (Phi) is 5.44. The number of nitrogens with zero attached hydrogens (tertiary/aromatic N) is 2. The van der Waals surface area contributed by atoms with Gasteiger partial charge in [0.15, 0.2) is 5.54 Å². The fraction of sp³-hybridized carbons (Fsp3) is 0.348. The minimum atomic E-state index is -1.17. The highest BCUT2D eigenvalue weighted by Gasteiger charge is 2.66. The molecule has 0 aliphatic carbocycles. The predicted octanol–water partition coefficient (Wildman–Crippen LogP) is 3.17. The molecule has 2 heterocycles. The summed E-state index contributed by atoms with van der Waals surface area (Å²) < 4.78 is 10.7. The number of aldehydes is 1. The molecule has 0 saturated carbocycles. The molecule has 0 unspecified atom stereocenters. The van der Waals surface area contributed by atoms with Crippen LogP contribution in [0.2, 0.25) is 0 Å². The SMILES string of the molecule is COc1ccc(N2C(=O)[C@]3(CCCCN3C(=O)OCc3ccccc3)[C@H]2C=O)cc1. The van der Waals surface area contributed by atoms with E-state index in [0.717, 1.165) is 24.7 Å². The van der Waals surface area contributed by atoms with Crippen LogP contribution in [0.5, 0.6) is 5.75 Å². The van der Waals surface area contributed by atoms with Crippen molar-refractivity contribution in [1.29, 1.82) is 0 Å². The van der Waals surface area contributed by atoms with Gasteiger partial charge in [0.1, 0.15) is 24.7 Å². The van der Waals surface area contributed by atoms with E-state index in [1.165, 1.54) is 9.80 Å². The molecule has 2 fully saturated rings. The summed E-state index contributed by atoms with van der Waals surface area (Å²) in [6, 6.07) is 15.6. The molecule has 2 atom stereocenters. The zero-order valence-electron chi connectivity index (χ0n) is 16.8. The lowest BCUT2D eigenvalue weighted by molar-refractivity contribution is -0.148. The topological polar surface area (TPSA) is 76.2 Å². The second-order valence-corrected chi connectivity index (χ2v) is 7.53. The Balaban J connectivity index is 1.56. The van der Waals surface area contributed by atoms with Gasteiger partial charge in [0.05, 0.1) is 7.11 Å². The average molecular weight is 408 g/mol. The Morgan fingerprint density at radius 1 is 1.13 bits per heavy atom. The molecule has 0 radical (unpaired) electrons. The van der Waals surface area contributed by atoms with Gasteiger partial charge in [-0.2, -0.15) is 0 Å². The largest absolute Gasteiger partial charge is 0.497 e. The second kappa shape index (κ2) is 8.18. The van der Waals surface area contributed by atoms with Gasteiger partial charge in [0.25, 0.3) is 5.91 Å². The number of amides is 2. The lowest BCUT2D eigenvalue weighted by atomic mass is 9.71. The molecule has 2 aliphatic rings. The monoisotopic (exact) mass is 408 g/mol. The molecule has 2 aromatic carbocycles. The molecule has 0 bridgehead atoms. The first-order valence-electron chi connectivity index (χ1n) is 10.0. The van der Waals surface area contributed by atoms with Crippen molar-refractivity contribution in [2.75, 3.05) is 18.6 Å². The van der Waals surface area contributed by atoms with Crippen molar-refractivity contribution in [2.45, 2.75) is 37.5 Å². The van der Waals surface area contributed by atoms with Crippen molar-refractivity contribution in [3.8, 4) is 5.75 Å². The molecule has 7 heteroatoms. The van der Waals surface area contributed by atoms with Crippen LogP contribution in [0.4, 0.5) is 10.5 Å². The standard InChI is InChI=1S/C23H24N2O5/c1-29-19-11-9-18(10-12-19)25-20(15-26)23(21(25)27)13-5-6-14-24(23)22(28)30-16-17-7-3-2-4-8-17/h2-4,7-12,15,20H,5-6,13-14,16H2,1H3/t20-,23+/m1/s1. The number of carbonyl (C=O) groups is 3. The number of carbonyl (C=O) groups excluding carboxylic acids is 3. The molecular formula is C23H24N2O5. The predicted molar refractivity (Wildman–Crippen MR) is 110 cm³/mol. The quantitative estimate of drug-likeness (QED) is 0.561. The highest BCUT2D eigenvalue weighted by Crippen LogP contribution is 2.45. The Bertz CT molecular complexity index is 930. The van der Waals surface area contributed by atoms with Crippen LogP contribution in [0.15, 0.2) is 54.6 Å². The molecule has 0 N–H and O–H groups in total. The number of ether oxygens (including phenoxy) is 2. The van der Waals surface area contributed by atoms with Crippen molar-refractivity contribution >= 4 is 24.0 Å². The molecule has 0 aromatic heterocycles. The van der Waals surface area contributed by atoms with Gasteiger partial charge in [-0.1, -0.05) is 30.3 Å². The van der Waals surface area contributed by atoms with Crippen LogP contribution < -0.4 is 9.64 Å². The molecule has 4 rings (SSSR count). The molecule has 30 heavy (non-hydrogen) atoms. The normalized spacial score (nSPS) is 23.1. The molecule has 2 aliphatic heterocycles. The van der Waals surface area contributed by atoms with Crippen molar-refractivity contribution in [2.24, 2.45) is 0 Å². The molecule has 156 valence electrons. The van der Waals surface area contributed by atoms with E-state index >= 15 is 0 Å². The minimum Gasteiger partial charge on any atom is -0.497 e. The van der Waals surface area contributed by atoms with E-state index in [4.69, 9.17) is 9.47 Å². The first-order chi connectivity index (χ1) is 14.6. The maximum absolute atomic E-state index is 13.3. The fourth-order valence-corrected chi connectivity index (χ4v) is 4.38. The summed E-state index contributed by atoms with van der Waals surface area (Å²) in [4.78, 5) is 41.2. The van der Waals surface area contributed by atoms with Crippen LogP contribution >= 0.6 is 0 Å². The smallest absolute Gasteiger partial charge is 0.411 e. The van der Waals surface area contributed by atoms with E-state index in [1.54, 1.807) is 31.4 Å². The number of hydrogen-bond donors (Lipinski definition) is 0. The highest BCUT2D eigenvalue weighted by molar-refractivity contribution is 6.15. The number of piperidine rings is 1. The summed E-state index contributed by atoms with van der Waals surface area (Å²) in [5, 5.41) is 0. The zero-order chi connectivity index (χ0) is 21.1. The van der Waals surface area contributed by atoms with Crippen molar-refractivity contribution in [3.63, 3.8) is 0 Å². The van der Waals surface area contributed by atoms with E-state index in [9.17, 15) is 14.4 Å². The van der Waals surface area contributed by atoms with E-state index in [2.05, 4.69) is 0 Å². The lowest BCUT2D eigenvalue weighted by Gasteiger charge is -2.59. The minimum absolute atomic E-state index is 0.119. The third-order valence-electron chi connectivity index (χ3n) is 5.93. The number of rotatable bonds is 5. The van der Waals surface area contributed by atoms with Gasteiger partial charge >= 0.3 is 6.09 Å². The molecule has 1 spiro atoms. The fourth-order valence-electron chi connectivity index (χ4n) is 4.38. The number of hydrogen-bond acceptors (Lipinski definition) is 5. The van der Waals surface area contributed by atoms with Crippen LogP contribution in [0.1, 0.15) is 24.8 Å². The van der Waals surface area contributed by atoms with Gasteiger partial charge in [-0.05, 0) is 49.1 Å². The maximum atomic E-state index is 13.3. The molecular weight excluding hydrogens is 384 g/mol. The number of likely N-dealkylation sites (tertiary alicyclic amines) is 1. The van der Waals surface area contributed by atoms with Gasteiger partial charge in [-0.25, -0.2) is 4.79 Å². The first kappa shape index (κ1) is 19.9. The van der Waals surface area contributed by atoms with Gasteiger partial charge in [0.2, 0.25) is 0 Å². The molecule has 7 nitrogen and oxygen atoms in total. The lowest BCUT2D eigenvalue weighted by Crippen LogP contribution is -2.82. The van der Waals surface area contributed by atoms with Crippen LogP contribution in [0.25, 0.3) is 0 Å². The van der Waals surface area contributed by atoms with Gasteiger partial charge in [-0.3, -0.25) is 14.6 Å². The summed E-state index contributed by atoms with van der Waals surface area (Å²) in [5.41, 5.74) is 0.295. The Morgan fingerprint density at radius 2 is 1.87 bits per heavy atom. The van der Waals surface area contributed by atoms with Gasteiger partial charge < -0.3 is 14.3 Å². The van der Waals surface area contributed by atoms with Crippen molar-refractivity contribution in [1.82, 2.24) is 4.90 Å². The van der Waals surface area contributed by atoms with E-state index in [1.807, 2.05) is 30.3 Å². The Hall–Kier alpha value is -3.35. The molecule has 2 saturated heterocycles. The number of benzene rings is 2. The summed E-state index contributed by atoms with van der Waals surface area (Å²) in [6.45, 7) is 0.508. The van der Waals surface area contributed by atoms with E-state index in [0.29, 0.717) is 24.4 Å². The van der Waals surface area contributed by atoms with Crippen LogP contribution in [0, 0.1) is 0 Å². The second-order valence-electron chi connectivity index (χ2n) is 7.53. The molecule has 2 aromatic rings. The van der Waals surface area contributed by atoms with E-state index < -0.39 is 17.7 Å². The van der Waals surface area contributed by atoms with Crippen LogP contribution in [-0.2, 0) is 20.9 Å². The highest BCUT2D eigenvalue weighted by atomic mass is 16.6. The van der Waals surface area contributed by atoms with Crippen LogP contribution in [-0.4, -0.2) is 48.4 Å². The number of anilines is 1.